The van der Waals surface area contributed by atoms with Gasteiger partial charge in [-0.1, -0.05) is 0 Å². The fourth-order valence-corrected chi connectivity index (χ4v) is 3.07. The maximum atomic E-state index is 12.7. The minimum atomic E-state index is 0.0451. The fraction of sp³-hybridized carbons (Fsp3) is 0.474. The molecule has 1 saturated heterocycles. The number of rotatable bonds is 5. The van der Waals surface area contributed by atoms with E-state index in [4.69, 9.17) is 4.99 Å². The lowest BCUT2D eigenvalue weighted by Crippen LogP contribution is -2.55. The number of nitrogens with one attached hydrogen (secondary N) is 1. The van der Waals surface area contributed by atoms with Gasteiger partial charge < -0.3 is 20.0 Å². The second kappa shape index (κ2) is 8.73. The van der Waals surface area contributed by atoms with E-state index in [1.54, 1.807) is 22.0 Å². The molecule has 0 aliphatic carbocycles. The molecule has 28 heavy (non-hydrogen) atoms. The van der Waals surface area contributed by atoms with Crippen molar-refractivity contribution >= 4 is 23.4 Å². The summed E-state index contributed by atoms with van der Waals surface area (Å²) < 4.78 is 1.71. The van der Waals surface area contributed by atoms with E-state index in [0.29, 0.717) is 26.2 Å². The number of carbonyl (C=O) groups is 1. The van der Waals surface area contributed by atoms with Crippen LogP contribution in [0.3, 0.4) is 0 Å². The van der Waals surface area contributed by atoms with Gasteiger partial charge in [0.25, 0.3) is 0 Å². The molecule has 1 aliphatic heterocycles. The number of anilines is 2. The molecule has 0 aromatic carbocycles. The molecule has 0 saturated carbocycles. The van der Waals surface area contributed by atoms with Crippen molar-refractivity contribution in [2.45, 2.75) is 13.5 Å². The first-order chi connectivity index (χ1) is 13.5. The summed E-state index contributed by atoms with van der Waals surface area (Å²) in [7, 11) is 5.78. The van der Waals surface area contributed by atoms with Crippen LogP contribution in [0.15, 0.2) is 35.7 Å². The summed E-state index contributed by atoms with van der Waals surface area (Å²) in [5, 5.41) is 7.46. The minimum absolute atomic E-state index is 0.0451. The summed E-state index contributed by atoms with van der Waals surface area (Å²) in [6, 6.07) is 3.99. The van der Waals surface area contributed by atoms with E-state index >= 15 is 0 Å². The summed E-state index contributed by atoms with van der Waals surface area (Å²) in [5.74, 6) is 1.70. The molecule has 0 bridgehead atoms. The molecule has 9 heteroatoms. The standard InChI is InChI=1S/C19H28N8O/c1-5-20-19(22-11-15-6-7-21-17(10-15)24(2)3)26-8-9-27(18(28)14-26)16-12-23-25(4)13-16/h6-7,10,12-13H,5,8-9,11,14H2,1-4H3,(H,20,22). The zero-order valence-corrected chi connectivity index (χ0v) is 17.0. The van der Waals surface area contributed by atoms with Crippen LogP contribution in [0.25, 0.3) is 0 Å². The van der Waals surface area contributed by atoms with Gasteiger partial charge >= 0.3 is 0 Å². The van der Waals surface area contributed by atoms with E-state index in [9.17, 15) is 4.79 Å². The third-order valence-electron chi connectivity index (χ3n) is 4.54. The van der Waals surface area contributed by atoms with Crippen LogP contribution >= 0.6 is 0 Å². The van der Waals surface area contributed by atoms with Crippen molar-refractivity contribution in [1.82, 2.24) is 25.0 Å². The second-order valence-corrected chi connectivity index (χ2v) is 6.93. The van der Waals surface area contributed by atoms with E-state index in [-0.39, 0.29) is 5.91 Å². The van der Waals surface area contributed by atoms with E-state index in [1.165, 1.54) is 0 Å². The van der Waals surface area contributed by atoms with Crippen molar-refractivity contribution in [2.75, 3.05) is 50.1 Å². The molecule has 1 fully saturated rings. The van der Waals surface area contributed by atoms with Gasteiger partial charge in [-0.25, -0.2) is 9.98 Å². The Morgan fingerprint density at radius 1 is 1.36 bits per heavy atom. The molecule has 0 unspecified atom stereocenters. The van der Waals surface area contributed by atoms with Gasteiger partial charge in [-0.05, 0) is 24.6 Å². The van der Waals surface area contributed by atoms with Crippen molar-refractivity contribution < 1.29 is 4.79 Å². The number of aliphatic imine (C=N–C) groups is 1. The number of hydrogen-bond acceptors (Lipinski definition) is 5. The first kappa shape index (κ1) is 19.7. The molecule has 150 valence electrons. The number of hydrogen-bond donors (Lipinski definition) is 1. The second-order valence-electron chi connectivity index (χ2n) is 6.93. The maximum Gasteiger partial charge on any atom is 0.246 e. The summed E-state index contributed by atoms with van der Waals surface area (Å²) in [5.41, 5.74) is 1.91. The van der Waals surface area contributed by atoms with Crippen LogP contribution in [0.1, 0.15) is 12.5 Å². The normalized spacial score (nSPS) is 15.1. The van der Waals surface area contributed by atoms with Crippen molar-refractivity contribution in [3.8, 4) is 0 Å². The quantitative estimate of drug-likeness (QED) is 0.604. The molecule has 0 spiro atoms. The number of aromatic nitrogens is 3. The molecule has 1 aliphatic rings. The van der Waals surface area contributed by atoms with Gasteiger partial charge in [0.2, 0.25) is 5.91 Å². The summed E-state index contributed by atoms with van der Waals surface area (Å²) in [6.45, 7) is 4.92. The number of piperazine rings is 1. The van der Waals surface area contributed by atoms with Gasteiger partial charge in [0.1, 0.15) is 12.4 Å². The molecular formula is C19H28N8O. The largest absolute Gasteiger partial charge is 0.363 e. The fourth-order valence-electron chi connectivity index (χ4n) is 3.07. The van der Waals surface area contributed by atoms with E-state index < -0.39 is 0 Å². The highest BCUT2D eigenvalue weighted by atomic mass is 16.2. The molecule has 1 amide bonds. The first-order valence-electron chi connectivity index (χ1n) is 9.42. The lowest BCUT2D eigenvalue weighted by Gasteiger charge is -2.35. The Balaban J connectivity index is 1.69. The molecular weight excluding hydrogens is 356 g/mol. The molecule has 0 radical (unpaired) electrons. The maximum absolute atomic E-state index is 12.7. The van der Waals surface area contributed by atoms with Crippen LogP contribution in [0.5, 0.6) is 0 Å². The molecule has 9 nitrogen and oxygen atoms in total. The third-order valence-corrected chi connectivity index (χ3v) is 4.54. The smallest absolute Gasteiger partial charge is 0.246 e. The van der Waals surface area contributed by atoms with Crippen molar-refractivity contribution in [2.24, 2.45) is 12.0 Å². The molecule has 1 N–H and O–H groups in total. The van der Waals surface area contributed by atoms with Gasteiger partial charge in [0, 0.05) is 53.2 Å². The highest BCUT2D eigenvalue weighted by molar-refractivity contribution is 5.98. The van der Waals surface area contributed by atoms with Crippen LogP contribution in [0, 0.1) is 0 Å². The SMILES string of the molecule is CCNC(=NCc1ccnc(N(C)C)c1)N1CCN(c2cnn(C)c2)C(=O)C1. The molecule has 3 heterocycles. The van der Waals surface area contributed by atoms with Crippen molar-refractivity contribution in [3.05, 3.63) is 36.3 Å². The molecule has 2 aromatic rings. The zero-order valence-electron chi connectivity index (χ0n) is 17.0. The number of amides is 1. The average molecular weight is 384 g/mol. The summed E-state index contributed by atoms with van der Waals surface area (Å²) in [6.07, 6.45) is 5.38. The Morgan fingerprint density at radius 3 is 2.82 bits per heavy atom. The van der Waals surface area contributed by atoms with Crippen LogP contribution < -0.4 is 15.1 Å². The lowest BCUT2D eigenvalue weighted by atomic mass is 10.2. The highest BCUT2D eigenvalue weighted by Crippen LogP contribution is 2.16. The zero-order chi connectivity index (χ0) is 20.1. The Morgan fingerprint density at radius 2 is 2.18 bits per heavy atom. The molecule has 0 atom stereocenters. The predicted octanol–water partition coefficient (Wildman–Crippen LogP) is 0.695. The number of guanidine groups is 1. The minimum Gasteiger partial charge on any atom is -0.363 e. The predicted molar refractivity (Wildman–Crippen MR) is 111 cm³/mol. The van der Waals surface area contributed by atoms with E-state index in [0.717, 1.165) is 29.6 Å². The Bertz CT molecular complexity index is 844. The van der Waals surface area contributed by atoms with Crippen LogP contribution in [0.2, 0.25) is 0 Å². The van der Waals surface area contributed by atoms with Crippen molar-refractivity contribution in [1.29, 1.82) is 0 Å². The molecule has 3 rings (SSSR count). The Hall–Kier alpha value is -3.10. The van der Waals surface area contributed by atoms with Gasteiger partial charge in [0.05, 0.1) is 18.4 Å². The number of carbonyl (C=O) groups excluding carboxylic acids is 1. The van der Waals surface area contributed by atoms with Gasteiger partial charge in [-0.2, -0.15) is 5.10 Å². The summed E-state index contributed by atoms with van der Waals surface area (Å²) >= 11 is 0. The summed E-state index contributed by atoms with van der Waals surface area (Å²) in [4.78, 5) is 27.5. The number of pyridine rings is 1. The van der Waals surface area contributed by atoms with Crippen LogP contribution in [-0.2, 0) is 18.4 Å². The molecule has 2 aromatic heterocycles. The van der Waals surface area contributed by atoms with Gasteiger partial charge in [-0.15, -0.1) is 0 Å². The number of nitrogens with zero attached hydrogens (tertiary/aromatic N) is 7. The van der Waals surface area contributed by atoms with E-state index in [2.05, 4.69) is 15.4 Å². The van der Waals surface area contributed by atoms with Crippen LogP contribution in [0.4, 0.5) is 11.5 Å². The first-order valence-corrected chi connectivity index (χ1v) is 9.42. The highest BCUT2D eigenvalue weighted by Gasteiger charge is 2.27. The Labute approximate surface area is 165 Å². The van der Waals surface area contributed by atoms with Gasteiger partial charge in [0.15, 0.2) is 5.96 Å². The number of aryl methyl sites for hydroxylation is 1. The monoisotopic (exact) mass is 384 g/mol. The van der Waals surface area contributed by atoms with Gasteiger partial charge in [-0.3, -0.25) is 9.48 Å². The van der Waals surface area contributed by atoms with Crippen LogP contribution in [-0.4, -0.2) is 71.8 Å². The lowest BCUT2D eigenvalue weighted by molar-refractivity contribution is -0.120. The van der Waals surface area contributed by atoms with E-state index in [1.807, 2.05) is 56.2 Å². The Kier molecular flexibility index (Phi) is 6.13. The van der Waals surface area contributed by atoms with Crippen molar-refractivity contribution in [3.63, 3.8) is 0 Å². The third kappa shape index (κ3) is 4.59. The average Bonchev–Trinajstić information content (AvgIpc) is 3.11. The topological polar surface area (TPSA) is 81.9 Å².